The van der Waals surface area contributed by atoms with Crippen LogP contribution in [-0.2, 0) is 16.1 Å². The van der Waals surface area contributed by atoms with Gasteiger partial charge >= 0.3 is 5.97 Å². The predicted molar refractivity (Wildman–Crippen MR) is 110 cm³/mol. The lowest BCUT2D eigenvalue weighted by molar-refractivity contribution is -0.159. The van der Waals surface area contributed by atoms with E-state index in [2.05, 4.69) is 33.6 Å². The van der Waals surface area contributed by atoms with E-state index in [0.29, 0.717) is 6.54 Å². The van der Waals surface area contributed by atoms with Gasteiger partial charge in [-0.3, -0.25) is 9.79 Å². The smallest absolute Gasteiger partial charge is 0.311 e. The Morgan fingerprint density at radius 3 is 2.75 bits per heavy atom. The number of thiophene rings is 1. The van der Waals surface area contributed by atoms with Crippen molar-refractivity contribution in [1.29, 1.82) is 0 Å². The van der Waals surface area contributed by atoms with E-state index in [1.807, 2.05) is 20.8 Å². The summed E-state index contributed by atoms with van der Waals surface area (Å²) in [5.41, 5.74) is 0.868. The van der Waals surface area contributed by atoms with Crippen molar-refractivity contribution >= 4 is 47.2 Å². The fraction of sp³-hybridized carbons (Fsp3) is 0.647. The van der Waals surface area contributed by atoms with Crippen LogP contribution in [0.2, 0.25) is 0 Å². The van der Waals surface area contributed by atoms with Gasteiger partial charge in [0.05, 0.1) is 12.5 Å². The Morgan fingerprint density at radius 1 is 1.50 bits per heavy atom. The minimum atomic E-state index is -0.429. The number of guanidine groups is 1. The molecule has 0 aromatic carbocycles. The maximum absolute atomic E-state index is 12.2. The Labute approximate surface area is 165 Å². The minimum Gasteiger partial charge on any atom is -0.460 e. The second-order valence-electron chi connectivity index (χ2n) is 6.89. The van der Waals surface area contributed by atoms with Gasteiger partial charge in [0.15, 0.2) is 5.96 Å². The number of carbonyl (C=O) groups is 1. The second-order valence-corrected chi connectivity index (χ2v) is 7.89. The molecule has 1 aromatic rings. The summed E-state index contributed by atoms with van der Waals surface area (Å²) in [7, 11) is 1.78. The SMILES string of the molecule is CN=C(NCc1sccc1C)N1CCC(C(=O)OC(C)(C)C)C1.I. The number of rotatable bonds is 3. The number of halogens is 1. The molecule has 136 valence electrons. The molecule has 0 aliphatic carbocycles. The molecule has 1 N–H and O–H groups in total. The van der Waals surface area contributed by atoms with E-state index in [1.54, 1.807) is 18.4 Å². The number of aryl methyl sites for hydroxylation is 1. The summed E-state index contributed by atoms with van der Waals surface area (Å²) in [5, 5.41) is 5.50. The molecular formula is C17H28IN3O2S. The fourth-order valence-corrected chi connectivity index (χ4v) is 3.45. The lowest BCUT2D eigenvalue weighted by Crippen LogP contribution is -2.40. The first-order valence-electron chi connectivity index (χ1n) is 8.01. The van der Waals surface area contributed by atoms with Crippen molar-refractivity contribution in [3.8, 4) is 0 Å². The van der Waals surface area contributed by atoms with Crippen molar-refractivity contribution in [2.75, 3.05) is 20.1 Å². The van der Waals surface area contributed by atoms with Gasteiger partial charge in [-0.05, 0) is 51.1 Å². The fourth-order valence-electron chi connectivity index (χ4n) is 2.61. The Balaban J connectivity index is 0.00000288. The van der Waals surface area contributed by atoms with E-state index in [9.17, 15) is 4.79 Å². The number of nitrogens with zero attached hydrogens (tertiary/aromatic N) is 2. The van der Waals surface area contributed by atoms with Gasteiger partial charge in [0.1, 0.15) is 5.60 Å². The van der Waals surface area contributed by atoms with Gasteiger partial charge in [-0.1, -0.05) is 0 Å². The molecule has 1 aliphatic rings. The van der Waals surface area contributed by atoms with Crippen LogP contribution in [0.25, 0.3) is 0 Å². The summed E-state index contributed by atoms with van der Waals surface area (Å²) in [6.45, 7) is 10.1. The molecule has 0 amide bonds. The van der Waals surface area contributed by atoms with Gasteiger partial charge in [0.25, 0.3) is 0 Å². The Hall–Kier alpha value is -0.830. The van der Waals surface area contributed by atoms with Crippen molar-refractivity contribution in [3.63, 3.8) is 0 Å². The van der Waals surface area contributed by atoms with Crippen LogP contribution < -0.4 is 5.32 Å². The van der Waals surface area contributed by atoms with Crippen LogP contribution in [0.1, 0.15) is 37.6 Å². The average molecular weight is 465 g/mol. The number of esters is 1. The number of ether oxygens (including phenoxy) is 1. The third-order valence-electron chi connectivity index (χ3n) is 3.81. The molecular weight excluding hydrogens is 437 g/mol. The van der Waals surface area contributed by atoms with Gasteiger partial charge in [0, 0.05) is 25.0 Å². The van der Waals surface area contributed by atoms with Crippen molar-refractivity contribution in [3.05, 3.63) is 21.9 Å². The topological polar surface area (TPSA) is 53.9 Å². The molecule has 24 heavy (non-hydrogen) atoms. The predicted octanol–water partition coefficient (Wildman–Crippen LogP) is 3.41. The van der Waals surface area contributed by atoms with Crippen molar-refractivity contribution in [2.45, 2.75) is 46.3 Å². The molecule has 2 rings (SSSR count). The molecule has 5 nitrogen and oxygen atoms in total. The zero-order valence-electron chi connectivity index (χ0n) is 15.1. The summed E-state index contributed by atoms with van der Waals surface area (Å²) in [6, 6.07) is 2.12. The quantitative estimate of drug-likeness (QED) is 0.322. The first kappa shape index (κ1) is 21.2. The second kappa shape index (κ2) is 9.03. The molecule has 1 fully saturated rings. The van der Waals surface area contributed by atoms with Crippen LogP contribution in [0.4, 0.5) is 0 Å². The summed E-state index contributed by atoms with van der Waals surface area (Å²) in [5.74, 6) is 0.671. The van der Waals surface area contributed by atoms with Gasteiger partial charge in [-0.15, -0.1) is 35.3 Å². The number of hydrogen-bond donors (Lipinski definition) is 1. The molecule has 0 radical (unpaired) electrons. The Morgan fingerprint density at radius 2 is 2.21 bits per heavy atom. The van der Waals surface area contributed by atoms with E-state index < -0.39 is 5.60 Å². The highest BCUT2D eigenvalue weighted by Gasteiger charge is 2.33. The zero-order chi connectivity index (χ0) is 17.0. The normalized spacial score (nSPS) is 18.3. The van der Waals surface area contributed by atoms with Crippen LogP contribution in [-0.4, -0.2) is 42.6 Å². The molecule has 0 saturated carbocycles. The molecule has 7 heteroatoms. The van der Waals surface area contributed by atoms with Crippen LogP contribution in [0.15, 0.2) is 16.4 Å². The highest BCUT2D eigenvalue weighted by Crippen LogP contribution is 2.21. The van der Waals surface area contributed by atoms with Crippen molar-refractivity contribution in [1.82, 2.24) is 10.2 Å². The standard InChI is InChI=1S/C17H27N3O2S.HI/c1-12-7-9-23-14(12)10-19-16(18-5)20-8-6-13(11-20)15(21)22-17(2,3)4;/h7,9,13H,6,8,10-11H2,1-5H3,(H,18,19);1H. The van der Waals surface area contributed by atoms with E-state index in [-0.39, 0.29) is 35.9 Å². The number of carbonyl (C=O) groups excluding carboxylic acids is 1. The first-order chi connectivity index (χ1) is 10.8. The molecule has 1 aliphatic heterocycles. The number of nitrogens with one attached hydrogen (secondary N) is 1. The Bertz CT molecular complexity index is 581. The van der Waals surface area contributed by atoms with Crippen LogP contribution in [0, 0.1) is 12.8 Å². The maximum Gasteiger partial charge on any atom is 0.311 e. The van der Waals surface area contributed by atoms with Crippen molar-refractivity contribution in [2.24, 2.45) is 10.9 Å². The zero-order valence-corrected chi connectivity index (χ0v) is 18.2. The largest absolute Gasteiger partial charge is 0.460 e. The third kappa shape index (κ3) is 5.91. The average Bonchev–Trinajstić information content (AvgIpc) is 3.08. The summed E-state index contributed by atoms with van der Waals surface area (Å²) in [4.78, 5) is 20.0. The third-order valence-corrected chi connectivity index (χ3v) is 4.84. The summed E-state index contributed by atoms with van der Waals surface area (Å²) in [6.07, 6.45) is 0.813. The summed E-state index contributed by atoms with van der Waals surface area (Å²) < 4.78 is 5.49. The first-order valence-corrected chi connectivity index (χ1v) is 8.89. The molecule has 1 aromatic heterocycles. The Kier molecular flexibility index (Phi) is 7.98. The van der Waals surface area contributed by atoms with Crippen molar-refractivity contribution < 1.29 is 9.53 Å². The van der Waals surface area contributed by atoms with E-state index in [1.165, 1.54) is 10.4 Å². The molecule has 1 atom stereocenters. The van der Waals surface area contributed by atoms with Crippen LogP contribution in [0.3, 0.4) is 0 Å². The highest BCUT2D eigenvalue weighted by atomic mass is 127. The van der Waals surface area contributed by atoms with E-state index in [4.69, 9.17) is 4.74 Å². The van der Waals surface area contributed by atoms with E-state index in [0.717, 1.165) is 25.5 Å². The molecule has 1 saturated heterocycles. The molecule has 0 spiro atoms. The van der Waals surface area contributed by atoms with Crippen LogP contribution in [0.5, 0.6) is 0 Å². The van der Waals surface area contributed by atoms with Crippen LogP contribution >= 0.6 is 35.3 Å². The molecule has 2 heterocycles. The maximum atomic E-state index is 12.2. The number of aliphatic imine (C=N–C) groups is 1. The summed E-state index contributed by atoms with van der Waals surface area (Å²) >= 11 is 1.75. The molecule has 1 unspecified atom stereocenters. The number of hydrogen-bond acceptors (Lipinski definition) is 4. The highest BCUT2D eigenvalue weighted by molar-refractivity contribution is 14.0. The lowest BCUT2D eigenvalue weighted by Gasteiger charge is -2.23. The van der Waals surface area contributed by atoms with Gasteiger partial charge < -0.3 is 15.0 Å². The monoisotopic (exact) mass is 465 g/mol. The molecule has 0 bridgehead atoms. The lowest BCUT2D eigenvalue weighted by atomic mass is 10.1. The van der Waals surface area contributed by atoms with Gasteiger partial charge in [-0.2, -0.15) is 0 Å². The van der Waals surface area contributed by atoms with Gasteiger partial charge in [0.2, 0.25) is 0 Å². The van der Waals surface area contributed by atoms with Gasteiger partial charge in [-0.25, -0.2) is 0 Å². The van der Waals surface area contributed by atoms with E-state index >= 15 is 0 Å². The number of likely N-dealkylation sites (tertiary alicyclic amines) is 1. The minimum absolute atomic E-state index is 0.